The third kappa shape index (κ3) is 3.39. The largest absolute Gasteiger partial charge is 0.483 e. The van der Waals surface area contributed by atoms with Crippen LogP contribution in [0, 0.1) is 5.92 Å². The lowest BCUT2D eigenvalue weighted by Crippen LogP contribution is -2.40. The second kappa shape index (κ2) is 6.50. The molecule has 1 fully saturated rings. The zero-order chi connectivity index (χ0) is 14.7. The molecule has 2 aliphatic rings. The minimum Gasteiger partial charge on any atom is -0.483 e. The van der Waals surface area contributed by atoms with Gasteiger partial charge < -0.3 is 9.64 Å². The van der Waals surface area contributed by atoms with Crippen LogP contribution >= 0.6 is 0 Å². The van der Waals surface area contributed by atoms with E-state index in [4.69, 9.17) is 4.74 Å². The van der Waals surface area contributed by atoms with Gasteiger partial charge in [-0.1, -0.05) is 19.1 Å². The van der Waals surface area contributed by atoms with E-state index in [0.29, 0.717) is 0 Å². The Morgan fingerprint density at radius 1 is 1.24 bits per heavy atom. The molecule has 1 aliphatic carbocycles. The Kier molecular flexibility index (Phi) is 4.47. The van der Waals surface area contributed by atoms with Crippen molar-refractivity contribution in [3.05, 3.63) is 29.3 Å². The highest BCUT2D eigenvalue weighted by Crippen LogP contribution is 2.29. The normalized spacial score (nSPS) is 19.2. The number of nitrogens with zero attached hydrogens (tertiary/aromatic N) is 1. The summed E-state index contributed by atoms with van der Waals surface area (Å²) in [6.45, 7) is 4.21. The number of hydrogen-bond donors (Lipinski definition) is 0. The first-order valence-corrected chi connectivity index (χ1v) is 8.25. The lowest BCUT2D eigenvalue weighted by atomic mass is 9.91. The molecule has 0 radical (unpaired) electrons. The molecule has 0 saturated carbocycles. The van der Waals surface area contributed by atoms with Gasteiger partial charge in [-0.15, -0.1) is 0 Å². The number of hydrogen-bond acceptors (Lipinski definition) is 2. The third-order valence-corrected chi connectivity index (χ3v) is 4.84. The van der Waals surface area contributed by atoms with E-state index < -0.39 is 0 Å². The summed E-state index contributed by atoms with van der Waals surface area (Å²) in [5, 5.41) is 0. The third-order valence-electron chi connectivity index (χ3n) is 4.84. The van der Waals surface area contributed by atoms with Gasteiger partial charge in [0.25, 0.3) is 5.91 Å². The standard InChI is InChI=1S/C18H25NO2/c1-14-9-11-19(12-10-14)18(20)13-21-17-8-4-6-15-5-2-3-7-16(15)17/h4,6,8,14H,2-3,5,7,9-13H2,1H3. The van der Waals surface area contributed by atoms with Crippen molar-refractivity contribution in [3.63, 3.8) is 0 Å². The number of amides is 1. The van der Waals surface area contributed by atoms with E-state index in [-0.39, 0.29) is 12.5 Å². The highest BCUT2D eigenvalue weighted by Gasteiger charge is 2.21. The quantitative estimate of drug-likeness (QED) is 0.854. The van der Waals surface area contributed by atoms with Crippen LogP contribution in [0.2, 0.25) is 0 Å². The summed E-state index contributed by atoms with van der Waals surface area (Å²) < 4.78 is 5.86. The number of aryl methyl sites for hydroxylation is 1. The van der Waals surface area contributed by atoms with Crippen LogP contribution in [0.3, 0.4) is 0 Å². The number of benzene rings is 1. The van der Waals surface area contributed by atoms with Crippen LogP contribution in [0.15, 0.2) is 18.2 Å². The van der Waals surface area contributed by atoms with Gasteiger partial charge in [-0.2, -0.15) is 0 Å². The van der Waals surface area contributed by atoms with Crippen LogP contribution in [0.4, 0.5) is 0 Å². The van der Waals surface area contributed by atoms with Crippen LogP contribution in [-0.2, 0) is 17.6 Å². The first-order chi connectivity index (χ1) is 10.2. The Bertz CT molecular complexity index is 504. The lowest BCUT2D eigenvalue weighted by molar-refractivity contribution is -0.134. The topological polar surface area (TPSA) is 29.5 Å². The van der Waals surface area contributed by atoms with Crippen LogP contribution < -0.4 is 4.74 Å². The first-order valence-electron chi connectivity index (χ1n) is 8.25. The smallest absolute Gasteiger partial charge is 0.260 e. The molecule has 3 heteroatoms. The molecule has 1 amide bonds. The Balaban J connectivity index is 1.59. The molecule has 1 aromatic carbocycles. The molecule has 1 aromatic rings. The van der Waals surface area contributed by atoms with Gasteiger partial charge in [0.05, 0.1) is 0 Å². The summed E-state index contributed by atoms with van der Waals surface area (Å²) in [5.41, 5.74) is 2.72. The monoisotopic (exact) mass is 287 g/mol. The number of fused-ring (bicyclic) bond motifs is 1. The van der Waals surface area contributed by atoms with Crippen molar-refractivity contribution in [2.24, 2.45) is 5.92 Å². The summed E-state index contributed by atoms with van der Waals surface area (Å²) in [6.07, 6.45) is 6.96. The first kappa shape index (κ1) is 14.4. The van der Waals surface area contributed by atoms with Gasteiger partial charge in [0.1, 0.15) is 5.75 Å². The predicted octanol–water partition coefficient (Wildman–Crippen LogP) is 3.20. The highest BCUT2D eigenvalue weighted by molar-refractivity contribution is 5.77. The average Bonchev–Trinajstić information content (AvgIpc) is 2.53. The van der Waals surface area contributed by atoms with Gasteiger partial charge in [0, 0.05) is 13.1 Å². The zero-order valence-electron chi connectivity index (χ0n) is 12.9. The number of carbonyl (C=O) groups is 1. The fourth-order valence-electron chi connectivity index (χ4n) is 3.37. The summed E-state index contributed by atoms with van der Waals surface area (Å²) in [4.78, 5) is 14.2. The van der Waals surface area contributed by atoms with Crippen molar-refractivity contribution in [3.8, 4) is 5.75 Å². The Morgan fingerprint density at radius 3 is 2.81 bits per heavy atom. The molecule has 1 heterocycles. The Hall–Kier alpha value is -1.51. The lowest BCUT2D eigenvalue weighted by Gasteiger charge is -2.30. The van der Waals surface area contributed by atoms with Crippen molar-refractivity contribution in [1.82, 2.24) is 4.90 Å². The maximum absolute atomic E-state index is 12.2. The van der Waals surface area contributed by atoms with E-state index in [1.807, 2.05) is 17.0 Å². The molecular formula is C18H25NO2. The Morgan fingerprint density at radius 2 is 2.00 bits per heavy atom. The van der Waals surface area contributed by atoms with Gasteiger partial charge in [-0.25, -0.2) is 0 Å². The van der Waals surface area contributed by atoms with Gasteiger partial charge >= 0.3 is 0 Å². The van der Waals surface area contributed by atoms with E-state index in [2.05, 4.69) is 13.0 Å². The molecule has 0 N–H and O–H groups in total. The Labute approximate surface area is 127 Å². The molecule has 3 nitrogen and oxygen atoms in total. The van der Waals surface area contributed by atoms with Gasteiger partial charge in [-0.05, 0) is 61.6 Å². The predicted molar refractivity (Wildman–Crippen MR) is 83.6 cm³/mol. The fraction of sp³-hybridized carbons (Fsp3) is 0.611. The van der Waals surface area contributed by atoms with Crippen molar-refractivity contribution >= 4 is 5.91 Å². The molecule has 114 valence electrons. The second-order valence-corrected chi connectivity index (χ2v) is 6.45. The molecule has 21 heavy (non-hydrogen) atoms. The molecule has 0 atom stereocenters. The summed E-state index contributed by atoms with van der Waals surface area (Å²) >= 11 is 0. The maximum atomic E-state index is 12.2. The van der Waals surface area contributed by atoms with Crippen LogP contribution in [0.5, 0.6) is 5.75 Å². The summed E-state index contributed by atoms with van der Waals surface area (Å²) in [6, 6.07) is 6.25. The highest BCUT2D eigenvalue weighted by atomic mass is 16.5. The molecule has 1 aliphatic heterocycles. The van der Waals surface area contributed by atoms with Gasteiger partial charge in [0.15, 0.2) is 6.61 Å². The number of likely N-dealkylation sites (tertiary alicyclic amines) is 1. The number of ether oxygens (including phenoxy) is 1. The van der Waals surface area contributed by atoms with Crippen molar-refractivity contribution in [2.45, 2.75) is 45.4 Å². The summed E-state index contributed by atoms with van der Waals surface area (Å²) in [5.74, 6) is 1.80. The molecule has 1 saturated heterocycles. The molecule has 0 spiro atoms. The molecular weight excluding hydrogens is 262 g/mol. The number of rotatable bonds is 3. The van der Waals surface area contributed by atoms with E-state index in [1.165, 1.54) is 24.0 Å². The fourth-order valence-corrected chi connectivity index (χ4v) is 3.37. The molecule has 0 aromatic heterocycles. The van der Waals surface area contributed by atoms with E-state index in [0.717, 1.165) is 50.4 Å². The number of piperidine rings is 1. The molecule has 3 rings (SSSR count). The van der Waals surface area contributed by atoms with Crippen LogP contribution in [-0.4, -0.2) is 30.5 Å². The zero-order valence-corrected chi connectivity index (χ0v) is 12.9. The molecule has 0 bridgehead atoms. The van der Waals surface area contributed by atoms with Crippen LogP contribution in [0.25, 0.3) is 0 Å². The number of carbonyl (C=O) groups excluding carboxylic acids is 1. The van der Waals surface area contributed by atoms with Gasteiger partial charge in [-0.3, -0.25) is 4.79 Å². The van der Waals surface area contributed by atoms with E-state index in [1.54, 1.807) is 0 Å². The van der Waals surface area contributed by atoms with Crippen molar-refractivity contribution in [2.75, 3.05) is 19.7 Å². The average molecular weight is 287 g/mol. The van der Waals surface area contributed by atoms with E-state index in [9.17, 15) is 4.79 Å². The van der Waals surface area contributed by atoms with Gasteiger partial charge in [0.2, 0.25) is 0 Å². The maximum Gasteiger partial charge on any atom is 0.260 e. The SMILES string of the molecule is CC1CCN(C(=O)COc2cccc3c2CCCC3)CC1. The second-order valence-electron chi connectivity index (χ2n) is 6.45. The van der Waals surface area contributed by atoms with Crippen LogP contribution in [0.1, 0.15) is 43.7 Å². The van der Waals surface area contributed by atoms with Crippen molar-refractivity contribution in [1.29, 1.82) is 0 Å². The minimum absolute atomic E-state index is 0.135. The van der Waals surface area contributed by atoms with E-state index >= 15 is 0 Å². The minimum atomic E-state index is 0.135. The molecule has 0 unspecified atom stereocenters. The summed E-state index contributed by atoms with van der Waals surface area (Å²) in [7, 11) is 0. The van der Waals surface area contributed by atoms with Crippen molar-refractivity contribution < 1.29 is 9.53 Å².